The topological polar surface area (TPSA) is 77.8 Å². The summed E-state index contributed by atoms with van der Waals surface area (Å²) in [7, 11) is 0. The molecule has 0 saturated heterocycles. The molecule has 0 heterocycles. The molecular weight excluding hydrogens is 100 g/mol. The molecule has 0 fully saturated rings. The summed E-state index contributed by atoms with van der Waals surface area (Å²) < 4.78 is 0. The van der Waals surface area contributed by atoms with Crippen molar-refractivity contribution in [2.45, 2.75) is 12.4 Å². The van der Waals surface area contributed by atoms with Crippen molar-refractivity contribution in [2.24, 2.45) is 0 Å². The van der Waals surface area contributed by atoms with E-state index in [4.69, 9.17) is 15.3 Å². The Kier molecular flexibility index (Phi) is 1.89. The van der Waals surface area contributed by atoms with Crippen LogP contribution in [-0.4, -0.2) is 27.6 Å². The van der Waals surface area contributed by atoms with Gasteiger partial charge in [-0.2, -0.15) is 0 Å². The van der Waals surface area contributed by atoms with Crippen LogP contribution < -0.4 is 0 Å². The van der Waals surface area contributed by atoms with Crippen molar-refractivity contribution < 1.29 is 20.1 Å². The molecule has 0 saturated carbocycles. The van der Waals surface area contributed by atoms with E-state index in [2.05, 4.69) is 0 Å². The fourth-order valence-electron chi connectivity index (χ4n) is 0.0968. The monoisotopic (exact) mass is 105 g/mol. The second-order valence-electron chi connectivity index (χ2n) is 1.10. The molecular formula is C3H5O4. The van der Waals surface area contributed by atoms with Crippen LogP contribution in [0.4, 0.5) is 0 Å². The third-order valence-electron chi connectivity index (χ3n) is 0.309. The molecule has 7 heavy (non-hydrogen) atoms. The van der Waals surface area contributed by atoms with Gasteiger partial charge < -0.3 is 15.3 Å². The summed E-state index contributed by atoms with van der Waals surface area (Å²) in [6, 6.07) is 0. The molecule has 0 spiro atoms. The number of carbonyl (C=O) groups excluding carboxylic acids is 1. The molecule has 0 bridgehead atoms. The van der Waals surface area contributed by atoms with Gasteiger partial charge in [0.05, 0.1) is 6.42 Å². The molecule has 0 amide bonds. The number of aliphatic hydroxyl groups is 3. The van der Waals surface area contributed by atoms with Crippen LogP contribution in [0, 0.1) is 0 Å². The van der Waals surface area contributed by atoms with Crippen molar-refractivity contribution in [3.8, 4) is 0 Å². The Morgan fingerprint density at radius 1 is 1.43 bits per heavy atom. The van der Waals surface area contributed by atoms with Gasteiger partial charge in [-0.05, 0) is 0 Å². The molecule has 41 valence electrons. The minimum Gasteiger partial charge on any atom is -0.343 e. The highest BCUT2D eigenvalue weighted by Crippen LogP contribution is 1.93. The summed E-state index contributed by atoms with van der Waals surface area (Å²) in [5.74, 6) is -2.87. The van der Waals surface area contributed by atoms with Crippen LogP contribution >= 0.6 is 0 Å². The number of hydrogen-bond acceptors (Lipinski definition) is 4. The zero-order chi connectivity index (χ0) is 5.91. The highest BCUT2D eigenvalue weighted by molar-refractivity contribution is 5.51. The van der Waals surface area contributed by atoms with Gasteiger partial charge in [-0.1, -0.05) is 0 Å². The Balaban J connectivity index is 3.34. The van der Waals surface area contributed by atoms with Crippen LogP contribution in [-0.2, 0) is 4.79 Å². The van der Waals surface area contributed by atoms with Crippen LogP contribution in [0.2, 0.25) is 0 Å². The van der Waals surface area contributed by atoms with Crippen LogP contribution in [0.25, 0.3) is 0 Å². The van der Waals surface area contributed by atoms with E-state index < -0.39 is 12.4 Å². The maximum absolute atomic E-state index is 9.22. The van der Waals surface area contributed by atoms with Gasteiger partial charge in [0.15, 0.2) is 0 Å². The minimum absolute atomic E-state index is 0.799. The largest absolute Gasteiger partial charge is 0.343 e. The molecule has 0 atom stereocenters. The Labute approximate surface area is 40.0 Å². The Hall–Kier alpha value is -0.450. The first kappa shape index (κ1) is 6.55. The van der Waals surface area contributed by atoms with Crippen molar-refractivity contribution in [3.63, 3.8) is 0 Å². The lowest BCUT2D eigenvalue weighted by Gasteiger charge is -2.06. The van der Waals surface area contributed by atoms with E-state index in [1.54, 1.807) is 0 Å². The molecule has 3 N–H and O–H groups in total. The van der Waals surface area contributed by atoms with Gasteiger partial charge in [0.2, 0.25) is 6.29 Å². The fourth-order valence-corrected chi connectivity index (χ4v) is 0.0968. The lowest BCUT2D eigenvalue weighted by molar-refractivity contribution is -0.305. The maximum atomic E-state index is 9.22. The van der Waals surface area contributed by atoms with Gasteiger partial charge in [-0.15, -0.1) is 0 Å². The summed E-state index contributed by atoms with van der Waals surface area (Å²) in [6.45, 7) is 0. The van der Waals surface area contributed by atoms with Gasteiger partial charge in [0, 0.05) is 0 Å². The minimum atomic E-state index is -2.87. The molecule has 1 radical (unpaired) electrons. The summed E-state index contributed by atoms with van der Waals surface area (Å²) >= 11 is 0. The summed E-state index contributed by atoms with van der Waals surface area (Å²) in [5.41, 5.74) is 0. The first-order chi connectivity index (χ1) is 3.06. The Bertz CT molecular complexity index is 61.8. The zero-order valence-corrected chi connectivity index (χ0v) is 3.46. The molecule has 0 aromatic rings. The summed E-state index contributed by atoms with van der Waals surface area (Å²) in [4.78, 5) is 9.22. The zero-order valence-electron chi connectivity index (χ0n) is 3.46. The Morgan fingerprint density at radius 2 is 1.86 bits per heavy atom. The molecule has 0 aliphatic carbocycles. The van der Waals surface area contributed by atoms with E-state index in [0.29, 0.717) is 0 Å². The molecule has 4 heteroatoms. The van der Waals surface area contributed by atoms with Crippen molar-refractivity contribution >= 4 is 6.29 Å². The highest BCUT2D eigenvalue weighted by Gasteiger charge is 2.16. The predicted octanol–water partition coefficient (Wildman–Crippen LogP) is -1.88. The predicted molar refractivity (Wildman–Crippen MR) is 19.7 cm³/mol. The van der Waals surface area contributed by atoms with Crippen LogP contribution in [0.15, 0.2) is 0 Å². The second kappa shape index (κ2) is 2.02. The molecule has 0 rings (SSSR count). The fraction of sp³-hybridized carbons (Fsp3) is 0.667. The van der Waals surface area contributed by atoms with Crippen LogP contribution in [0.1, 0.15) is 6.42 Å². The van der Waals surface area contributed by atoms with E-state index >= 15 is 0 Å². The van der Waals surface area contributed by atoms with Crippen LogP contribution in [0.3, 0.4) is 0 Å². The first-order valence-electron chi connectivity index (χ1n) is 1.58. The normalized spacial score (nSPS) is 11.3. The lowest BCUT2D eigenvalue weighted by Crippen LogP contribution is -2.26. The summed E-state index contributed by atoms with van der Waals surface area (Å²) in [6.07, 6.45) is 0.309. The van der Waals surface area contributed by atoms with Gasteiger partial charge >= 0.3 is 0 Å². The summed E-state index contributed by atoms with van der Waals surface area (Å²) in [5, 5.41) is 23.6. The maximum Gasteiger partial charge on any atom is 0.283 e. The van der Waals surface area contributed by atoms with E-state index in [1.807, 2.05) is 0 Å². The average molecular weight is 105 g/mol. The van der Waals surface area contributed by atoms with Crippen molar-refractivity contribution in [3.05, 3.63) is 0 Å². The van der Waals surface area contributed by atoms with Crippen molar-refractivity contribution in [1.29, 1.82) is 0 Å². The highest BCUT2D eigenvalue weighted by atomic mass is 16.7. The van der Waals surface area contributed by atoms with Gasteiger partial charge in [-0.25, -0.2) is 0 Å². The second-order valence-corrected chi connectivity index (χ2v) is 1.10. The van der Waals surface area contributed by atoms with E-state index in [1.165, 1.54) is 0 Å². The lowest BCUT2D eigenvalue weighted by atomic mass is 10.4. The quantitative estimate of drug-likeness (QED) is 0.359. The SMILES string of the molecule is O=[C]CC(O)(O)O. The van der Waals surface area contributed by atoms with Gasteiger partial charge in [0.1, 0.15) is 0 Å². The Morgan fingerprint density at radius 3 is 1.86 bits per heavy atom. The smallest absolute Gasteiger partial charge is 0.283 e. The molecule has 0 unspecified atom stereocenters. The number of hydrogen-bond donors (Lipinski definition) is 3. The number of rotatable bonds is 2. The van der Waals surface area contributed by atoms with E-state index in [0.717, 1.165) is 6.29 Å². The third-order valence-corrected chi connectivity index (χ3v) is 0.309. The van der Waals surface area contributed by atoms with E-state index in [-0.39, 0.29) is 0 Å². The molecule has 0 aliphatic heterocycles. The standard InChI is InChI=1S/C3H5O4/c4-2-1-3(5,6)7/h5-7H,1H2. The van der Waals surface area contributed by atoms with Gasteiger partial charge in [0.25, 0.3) is 5.97 Å². The molecule has 0 aliphatic rings. The van der Waals surface area contributed by atoms with Crippen LogP contribution in [0.5, 0.6) is 0 Å². The van der Waals surface area contributed by atoms with E-state index in [9.17, 15) is 4.79 Å². The first-order valence-corrected chi connectivity index (χ1v) is 1.58. The average Bonchev–Trinajstić information content (AvgIpc) is 1.30. The van der Waals surface area contributed by atoms with Crippen molar-refractivity contribution in [1.82, 2.24) is 0 Å². The van der Waals surface area contributed by atoms with Crippen molar-refractivity contribution in [2.75, 3.05) is 0 Å². The third kappa shape index (κ3) is 5.55. The molecule has 0 aromatic heterocycles. The molecule has 0 aromatic carbocycles. The molecule has 4 nitrogen and oxygen atoms in total. The van der Waals surface area contributed by atoms with Gasteiger partial charge in [-0.3, -0.25) is 4.79 Å².